The molecule has 3 aromatic rings. The monoisotopic (exact) mass is 391 g/mol. The highest BCUT2D eigenvalue weighted by molar-refractivity contribution is 9.10. The van der Waals surface area contributed by atoms with Crippen molar-refractivity contribution in [3.05, 3.63) is 51.2 Å². The van der Waals surface area contributed by atoms with Crippen LogP contribution in [-0.2, 0) is 7.05 Å². The molecule has 0 radical (unpaired) electrons. The number of nitrogens with zero attached hydrogens (tertiary/aromatic N) is 3. The number of aromatic hydroxyl groups is 1. The predicted molar refractivity (Wildman–Crippen MR) is 96.3 cm³/mol. The SMILES string of the molecule is COc1cc(/C=N\N=c2/sc3ccccc3n2C)cc(Br)c1O. The van der Waals surface area contributed by atoms with E-state index in [1.165, 1.54) is 7.11 Å². The van der Waals surface area contributed by atoms with Crippen molar-refractivity contribution in [1.82, 2.24) is 4.57 Å². The Labute approximate surface area is 145 Å². The van der Waals surface area contributed by atoms with Crippen LogP contribution in [0.3, 0.4) is 0 Å². The Morgan fingerprint density at radius 1 is 1.30 bits per heavy atom. The molecular weight excluding hydrogens is 378 g/mol. The van der Waals surface area contributed by atoms with E-state index in [2.05, 4.69) is 38.3 Å². The largest absolute Gasteiger partial charge is 0.503 e. The number of ether oxygens (including phenoxy) is 1. The summed E-state index contributed by atoms with van der Waals surface area (Å²) in [5.74, 6) is 0.450. The maximum absolute atomic E-state index is 9.80. The van der Waals surface area contributed by atoms with Crippen molar-refractivity contribution >= 4 is 43.7 Å². The topological polar surface area (TPSA) is 59.1 Å². The average Bonchev–Trinajstić information content (AvgIpc) is 2.87. The van der Waals surface area contributed by atoms with Gasteiger partial charge in [-0.3, -0.25) is 0 Å². The summed E-state index contributed by atoms with van der Waals surface area (Å²) < 4.78 is 8.83. The molecule has 0 fully saturated rings. The number of phenolic OH excluding ortho intramolecular Hbond substituents is 1. The van der Waals surface area contributed by atoms with Crippen LogP contribution in [-0.4, -0.2) is 23.0 Å². The molecule has 5 nitrogen and oxygen atoms in total. The first-order valence-electron chi connectivity index (χ1n) is 6.78. The van der Waals surface area contributed by atoms with Gasteiger partial charge in [0.05, 0.1) is 28.0 Å². The van der Waals surface area contributed by atoms with Gasteiger partial charge in [-0.1, -0.05) is 23.5 Å². The van der Waals surface area contributed by atoms with Gasteiger partial charge >= 0.3 is 0 Å². The number of fused-ring (bicyclic) bond motifs is 1. The summed E-state index contributed by atoms with van der Waals surface area (Å²) in [5.41, 5.74) is 1.90. The molecule has 7 heteroatoms. The van der Waals surface area contributed by atoms with Crippen LogP contribution < -0.4 is 9.54 Å². The molecule has 23 heavy (non-hydrogen) atoms. The lowest BCUT2D eigenvalue weighted by Crippen LogP contribution is -2.08. The Bertz CT molecular complexity index is 960. The number of benzene rings is 2. The lowest BCUT2D eigenvalue weighted by molar-refractivity contribution is 0.372. The van der Waals surface area contributed by atoms with Crippen molar-refractivity contribution in [1.29, 1.82) is 0 Å². The molecule has 2 aromatic carbocycles. The first-order chi connectivity index (χ1) is 11.1. The normalized spacial score (nSPS) is 12.4. The van der Waals surface area contributed by atoms with E-state index in [-0.39, 0.29) is 5.75 Å². The second-order valence-corrected chi connectivity index (χ2v) is 6.67. The second kappa shape index (κ2) is 6.55. The molecule has 0 atom stereocenters. The van der Waals surface area contributed by atoms with Crippen LogP contribution in [0.2, 0.25) is 0 Å². The second-order valence-electron chi connectivity index (χ2n) is 4.81. The van der Waals surface area contributed by atoms with Crippen LogP contribution in [0.15, 0.2) is 51.1 Å². The van der Waals surface area contributed by atoms with Gasteiger partial charge in [-0.15, -0.1) is 5.10 Å². The lowest BCUT2D eigenvalue weighted by atomic mass is 10.2. The molecule has 1 heterocycles. The number of aromatic nitrogens is 1. The number of methoxy groups -OCH3 is 1. The van der Waals surface area contributed by atoms with Gasteiger partial charge in [-0.05, 0) is 45.8 Å². The predicted octanol–water partition coefficient (Wildman–Crippen LogP) is 3.65. The van der Waals surface area contributed by atoms with Gasteiger partial charge < -0.3 is 14.4 Å². The number of aryl methyl sites for hydroxylation is 1. The standard InChI is InChI=1S/C16H14BrN3O2S/c1-20-12-5-3-4-6-14(12)23-16(20)19-18-9-10-7-11(17)15(21)13(8-10)22-2/h3-9,21H,1-2H3/b18-9-,19-16-. The third-order valence-electron chi connectivity index (χ3n) is 3.34. The minimum Gasteiger partial charge on any atom is -0.503 e. The number of rotatable bonds is 3. The minimum atomic E-state index is 0.0671. The molecule has 118 valence electrons. The van der Waals surface area contributed by atoms with E-state index in [0.29, 0.717) is 10.2 Å². The van der Waals surface area contributed by atoms with Crippen LogP contribution in [0, 0.1) is 0 Å². The molecule has 0 saturated heterocycles. The van der Waals surface area contributed by atoms with E-state index >= 15 is 0 Å². The van der Waals surface area contributed by atoms with E-state index in [1.807, 2.05) is 23.7 Å². The highest BCUT2D eigenvalue weighted by Crippen LogP contribution is 2.34. The number of hydrogen-bond acceptors (Lipinski definition) is 5. The van der Waals surface area contributed by atoms with E-state index < -0.39 is 0 Å². The molecule has 1 aromatic heterocycles. The number of halogens is 1. The van der Waals surface area contributed by atoms with E-state index in [4.69, 9.17) is 4.74 Å². The molecule has 0 saturated carbocycles. The molecule has 0 aliphatic rings. The van der Waals surface area contributed by atoms with Gasteiger partial charge in [-0.2, -0.15) is 5.10 Å². The van der Waals surface area contributed by atoms with Crippen LogP contribution >= 0.6 is 27.3 Å². The molecular formula is C16H14BrN3O2S. The van der Waals surface area contributed by atoms with Gasteiger partial charge in [0.2, 0.25) is 4.80 Å². The number of phenols is 1. The fraction of sp³-hybridized carbons (Fsp3) is 0.125. The fourth-order valence-electron chi connectivity index (χ4n) is 2.15. The summed E-state index contributed by atoms with van der Waals surface area (Å²) in [5, 5.41) is 18.2. The Morgan fingerprint density at radius 2 is 2.09 bits per heavy atom. The zero-order valence-corrected chi connectivity index (χ0v) is 14.9. The van der Waals surface area contributed by atoms with Gasteiger partial charge in [0.1, 0.15) is 0 Å². The Balaban J connectivity index is 1.96. The first kappa shape index (κ1) is 15.8. The van der Waals surface area contributed by atoms with Crippen molar-refractivity contribution in [2.45, 2.75) is 0 Å². The molecule has 0 bridgehead atoms. The van der Waals surface area contributed by atoms with Crippen LogP contribution in [0.25, 0.3) is 10.2 Å². The summed E-state index contributed by atoms with van der Waals surface area (Å²) >= 11 is 4.87. The van der Waals surface area contributed by atoms with Crippen molar-refractivity contribution in [3.8, 4) is 11.5 Å². The first-order valence-corrected chi connectivity index (χ1v) is 8.39. The smallest absolute Gasteiger partial charge is 0.211 e. The summed E-state index contributed by atoms with van der Waals surface area (Å²) in [6.45, 7) is 0. The molecule has 0 unspecified atom stereocenters. The van der Waals surface area contributed by atoms with Crippen molar-refractivity contribution in [2.75, 3.05) is 7.11 Å². The highest BCUT2D eigenvalue weighted by atomic mass is 79.9. The number of hydrogen-bond donors (Lipinski definition) is 1. The van der Waals surface area contributed by atoms with Crippen LogP contribution in [0.4, 0.5) is 0 Å². The highest BCUT2D eigenvalue weighted by Gasteiger charge is 2.07. The Hall–Kier alpha value is -2.12. The van der Waals surface area contributed by atoms with Crippen molar-refractivity contribution in [3.63, 3.8) is 0 Å². The number of thiazole rings is 1. The molecule has 0 aliphatic heterocycles. The Kier molecular flexibility index (Phi) is 4.49. The van der Waals surface area contributed by atoms with Gasteiger partial charge in [0, 0.05) is 7.05 Å². The van der Waals surface area contributed by atoms with E-state index in [0.717, 1.165) is 20.6 Å². The van der Waals surface area contributed by atoms with Crippen LogP contribution in [0.1, 0.15) is 5.56 Å². The Morgan fingerprint density at radius 3 is 2.83 bits per heavy atom. The van der Waals surface area contributed by atoms with E-state index in [9.17, 15) is 5.11 Å². The van der Waals surface area contributed by atoms with Crippen molar-refractivity contribution in [2.24, 2.45) is 17.3 Å². The number of para-hydroxylation sites is 1. The fourth-order valence-corrected chi connectivity index (χ4v) is 3.58. The van der Waals surface area contributed by atoms with Crippen LogP contribution in [0.5, 0.6) is 11.5 Å². The molecule has 1 N–H and O–H groups in total. The molecule has 3 rings (SSSR count). The van der Waals surface area contributed by atoms with E-state index in [1.54, 1.807) is 29.7 Å². The summed E-state index contributed by atoms with van der Waals surface area (Å²) in [6, 6.07) is 11.6. The molecule has 0 spiro atoms. The summed E-state index contributed by atoms with van der Waals surface area (Å²) in [6.07, 6.45) is 1.62. The van der Waals surface area contributed by atoms with Gasteiger partial charge in [0.25, 0.3) is 0 Å². The third kappa shape index (κ3) is 3.16. The molecule has 0 amide bonds. The lowest BCUT2D eigenvalue weighted by Gasteiger charge is -2.05. The quantitative estimate of drug-likeness (QED) is 0.547. The summed E-state index contributed by atoms with van der Waals surface area (Å²) in [7, 11) is 3.47. The maximum atomic E-state index is 9.80. The van der Waals surface area contributed by atoms with Gasteiger partial charge in [-0.25, -0.2) is 0 Å². The van der Waals surface area contributed by atoms with Gasteiger partial charge in [0.15, 0.2) is 11.5 Å². The average molecular weight is 392 g/mol. The zero-order chi connectivity index (χ0) is 16.4. The third-order valence-corrected chi connectivity index (χ3v) is 5.04. The zero-order valence-electron chi connectivity index (χ0n) is 12.5. The van der Waals surface area contributed by atoms with Crippen molar-refractivity contribution < 1.29 is 9.84 Å². The molecule has 0 aliphatic carbocycles. The summed E-state index contributed by atoms with van der Waals surface area (Å²) in [4.78, 5) is 0.812. The maximum Gasteiger partial charge on any atom is 0.211 e. The minimum absolute atomic E-state index is 0.0671.